The number of benzene rings is 2. The molecule has 1 saturated heterocycles. The molecule has 1 N–H and O–H groups in total. The molecule has 1 aliphatic rings. The number of aromatic nitrogens is 2. The predicted molar refractivity (Wildman–Crippen MR) is 145 cm³/mol. The Hall–Kier alpha value is -5.43. The molecular weight excluding hydrogens is 551 g/mol. The first-order chi connectivity index (χ1) is 20.0. The quantitative estimate of drug-likeness (QED) is 0.421. The molecule has 0 aliphatic carbocycles. The molecule has 42 heavy (non-hydrogen) atoms. The summed E-state index contributed by atoms with van der Waals surface area (Å²) in [6.45, 7) is 2.99. The second-order valence-corrected chi connectivity index (χ2v) is 9.37. The van der Waals surface area contributed by atoms with Crippen LogP contribution in [0.5, 0.6) is 11.6 Å². The van der Waals surface area contributed by atoms with E-state index in [-0.39, 0.29) is 38.0 Å². The van der Waals surface area contributed by atoms with Crippen molar-refractivity contribution in [2.45, 2.75) is 20.0 Å². The van der Waals surface area contributed by atoms with E-state index in [0.717, 1.165) is 0 Å². The van der Waals surface area contributed by atoms with Crippen LogP contribution in [0.15, 0.2) is 48.7 Å². The van der Waals surface area contributed by atoms with Crippen molar-refractivity contribution in [3.8, 4) is 23.8 Å². The Morgan fingerprint density at radius 1 is 0.976 bits per heavy atom. The highest BCUT2D eigenvalue weighted by molar-refractivity contribution is 5.92. The van der Waals surface area contributed by atoms with Gasteiger partial charge in [0.15, 0.2) is 0 Å². The number of hydrogen-bond acceptors (Lipinski definition) is 8. The zero-order valence-electron chi connectivity index (χ0n) is 22.6. The Labute approximate surface area is 239 Å². The lowest BCUT2D eigenvalue weighted by Gasteiger charge is -2.34. The van der Waals surface area contributed by atoms with E-state index < -0.39 is 18.0 Å². The van der Waals surface area contributed by atoms with Crippen molar-refractivity contribution >= 4 is 29.5 Å². The van der Waals surface area contributed by atoms with Crippen molar-refractivity contribution in [3.05, 3.63) is 76.5 Å². The monoisotopic (exact) mass is 575 g/mol. The van der Waals surface area contributed by atoms with Gasteiger partial charge in [0.25, 0.3) is 0 Å². The largest absolute Gasteiger partial charge is 0.471 e. The number of nitriles is 2. The van der Waals surface area contributed by atoms with E-state index in [1.165, 1.54) is 23.2 Å². The number of nitrogens with zero attached hydrogens (tertiary/aromatic N) is 6. The number of rotatable bonds is 6. The summed E-state index contributed by atoms with van der Waals surface area (Å²) >= 11 is 0. The van der Waals surface area contributed by atoms with E-state index in [4.69, 9.17) is 10.00 Å². The maximum Gasteiger partial charge on any atom is 0.471 e. The van der Waals surface area contributed by atoms with Gasteiger partial charge < -0.3 is 19.9 Å². The Bertz CT molecular complexity index is 1590. The van der Waals surface area contributed by atoms with Crippen LogP contribution < -0.4 is 10.1 Å². The molecule has 13 heteroatoms. The fraction of sp³-hybridized carbons (Fsp3) is 0.241. The molecule has 0 bridgehead atoms. The van der Waals surface area contributed by atoms with Gasteiger partial charge in [-0.05, 0) is 67.4 Å². The highest BCUT2D eigenvalue weighted by Gasteiger charge is 2.43. The molecule has 214 valence electrons. The van der Waals surface area contributed by atoms with Crippen LogP contribution in [-0.2, 0) is 9.59 Å². The molecule has 1 aromatic heterocycles. The molecule has 2 heterocycles. The van der Waals surface area contributed by atoms with Crippen LogP contribution in [0.25, 0.3) is 6.08 Å². The lowest BCUT2D eigenvalue weighted by molar-refractivity contribution is -0.187. The SMILES string of the molecule is Cc1cc(C#N)cc(C)c1Oc1nc(Nc2ccc(C#N)cc2)ncc1/C=C/C(=O)N1CCN(C(=O)C(F)(F)F)CC1. The fourth-order valence-electron chi connectivity index (χ4n) is 4.24. The Morgan fingerprint density at radius 3 is 2.14 bits per heavy atom. The van der Waals surface area contributed by atoms with Gasteiger partial charge >= 0.3 is 12.1 Å². The maximum absolute atomic E-state index is 12.8. The van der Waals surface area contributed by atoms with Crippen molar-refractivity contribution in [2.24, 2.45) is 0 Å². The minimum absolute atomic E-state index is 0.0536. The van der Waals surface area contributed by atoms with Gasteiger partial charge in [-0.3, -0.25) is 9.59 Å². The molecule has 1 aliphatic heterocycles. The highest BCUT2D eigenvalue weighted by Crippen LogP contribution is 2.32. The second kappa shape index (κ2) is 12.4. The zero-order chi connectivity index (χ0) is 30.4. The van der Waals surface area contributed by atoms with E-state index in [1.807, 2.05) is 6.07 Å². The zero-order valence-corrected chi connectivity index (χ0v) is 22.6. The average molecular weight is 576 g/mol. The summed E-state index contributed by atoms with van der Waals surface area (Å²) in [7, 11) is 0. The molecule has 10 nitrogen and oxygen atoms in total. The molecule has 4 rings (SSSR count). The summed E-state index contributed by atoms with van der Waals surface area (Å²) in [4.78, 5) is 35.1. The van der Waals surface area contributed by atoms with Gasteiger partial charge in [-0.1, -0.05) is 0 Å². The molecular formula is C29H24F3N7O3. The fourth-order valence-corrected chi connectivity index (χ4v) is 4.24. The third-order valence-corrected chi connectivity index (χ3v) is 6.37. The third kappa shape index (κ3) is 7.01. The van der Waals surface area contributed by atoms with E-state index in [0.29, 0.717) is 44.2 Å². The van der Waals surface area contributed by atoms with Crippen molar-refractivity contribution in [1.82, 2.24) is 19.8 Å². The van der Waals surface area contributed by atoms with Gasteiger partial charge in [-0.25, -0.2) is 4.98 Å². The van der Waals surface area contributed by atoms with Gasteiger partial charge in [0.1, 0.15) is 5.75 Å². The second-order valence-electron chi connectivity index (χ2n) is 9.37. The normalized spacial score (nSPS) is 13.4. The van der Waals surface area contributed by atoms with Gasteiger partial charge in [-0.15, -0.1) is 0 Å². The lowest BCUT2D eigenvalue weighted by Crippen LogP contribution is -2.53. The summed E-state index contributed by atoms with van der Waals surface area (Å²) in [5.74, 6) is -1.66. The number of anilines is 2. The van der Waals surface area contributed by atoms with Crippen LogP contribution in [0.1, 0.15) is 27.8 Å². The smallest absolute Gasteiger partial charge is 0.438 e. The molecule has 2 amide bonds. The van der Waals surface area contributed by atoms with Crippen molar-refractivity contribution < 1.29 is 27.5 Å². The molecule has 0 spiro atoms. The van der Waals surface area contributed by atoms with Gasteiger partial charge in [-0.2, -0.15) is 28.7 Å². The number of aryl methyl sites for hydroxylation is 2. The summed E-state index contributed by atoms with van der Waals surface area (Å²) in [6.07, 6.45) is -0.856. The minimum Gasteiger partial charge on any atom is -0.438 e. The third-order valence-electron chi connectivity index (χ3n) is 6.37. The van der Waals surface area contributed by atoms with Crippen LogP contribution >= 0.6 is 0 Å². The highest BCUT2D eigenvalue weighted by atomic mass is 19.4. The van der Waals surface area contributed by atoms with Crippen LogP contribution in [0.3, 0.4) is 0 Å². The summed E-state index contributed by atoms with van der Waals surface area (Å²) in [6, 6.07) is 14.1. The Morgan fingerprint density at radius 2 is 1.57 bits per heavy atom. The number of halogens is 3. The van der Waals surface area contributed by atoms with Gasteiger partial charge in [0.2, 0.25) is 17.7 Å². The number of amides is 2. The van der Waals surface area contributed by atoms with Crippen molar-refractivity contribution in [2.75, 3.05) is 31.5 Å². The molecule has 0 saturated carbocycles. The van der Waals surface area contributed by atoms with Crippen LogP contribution in [0.2, 0.25) is 0 Å². The van der Waals surface area contributed by atoms with E-state index in [1.54, 1.807) is 50.2 Å². The van der Waals surface area contributed by atoms with Gasteiger partial charge in [0, 0.05) is 44.1 Å². The Kier molecular flexibility index (Phi) is 8.72. The molecule has 0 unspecified atom stereocenters. The van der Waals surface area contributed by atoms with E-state index in [2.05, 4.69) is 21.4 Å². The summed E-state index contributed by atoms with van der Waals surface area (Å²) in [5, 5.41) is 21.3. The average Bonchev–Trinajstić information content (AvgIpc) is 2.97. The summed E-state index contributed by atoms with van der Waals surface area (Å²) < 4.78 is 44.3. The van der Waals surface area contributed by atoms with Gasteiger partial charge in [0.05, 0.1) is 28.8 Å². The first-order valence-electron chi connectivity index (χ1n) is 12.6. The summed E-state index contributed by atoms with van der Waals surface area (Å²) in [5.41, 5.74) is 3.27. The first kappa shape index (κ1) is 29.6. The van der Waals surface area contributed by atoms with Crippen LogP contribution in [-0.4, -0.2) is 63.9 Å². The predicted octanol–water partition coefficient (Wildman–Crippen LogP) is 4.62. The number of nitrogens with one attached hydrogen (secondary N) is 1. The first-order valence-corrected chi connectivity index (χ1v) is 12.6. The van der Waals surface area contributed by atoms with Crippen LogP contribution in [0, 0.1) is 36.5 Å². The Balaban J connectivity index is 1.57. The molecule has 3 aromatic rings. The number of carbonyl (C=O) groups excluding carboxylic acids is 2. The van der Waals surface area contributed by atoms with E-state index in [9.17, 15) is 28.0 Å². The number of piperazine rings is 1. The minimum atomic E-state index is -4.96. The number of hydrogen-bond donors (Lipinski definition) is 1. The number of alkyl halides is 3. The number of ether oxygens (including phenoxy) is 1. The molecule has 2 aromatic carbocycles. The lowest BCUT2D eigenvalue weighted by atomic mass is 10.1. The van der Waals surface area contributed by atoms with Crippen LogP contribution in [0.4, 0.5) is 24.8 Å². The number of carbonyl (C=O) groups is 2. The maximum atomic E-state index is 12.8. The van der Waals surface area contributed by atoms with E-state index >= 15 is 0 Å². The molecule has 0 atom stereocenters. The molecule has 0 radical (unpaired) electrons. The van der Waals surface area contributed by atoms with Crippen molar-refractivity contribution in [1.29, 1.82) is 10.5 Å². The topological polar surface area (TPSA) is 135 Å². The van der Waals surface area contributed by atoms with Crippen molar-refractivity contribution in [3.63, 3.8) is 0 Å². The molecule has 1 fully saturated rings. The standard InChI is InChI=1S/C29H24F3N7O3/c1-18-13-21(16-34)14-19(2)25(18)42-26-22(17-35-28(37-26)36-23-6-3-20(15-33)4-7-23)5-8-24(40)38-9-11-39(12-10-38)27(41)29(30,31)32/h3-8,13-14,17H,9-12H2,1-2H3,(H,35,36,37)/b8-5+.